The minimum absolute atomic E-state index is 0.0175. The van der Waals surface area contributed by atoms with Crippen molar-refractivity contribution in [3.63, 3.8) is 0 Å². The van der Waals surface area contributed by atoms with E-state index in [1.165, 1.54) is 7.05 Å². The van der Waals surface area contributed by atoms with Crippen molar-refractivity contribution in [1.82, 2.24) is 10.5 Å². The van der Waals surface area contributed by atoms with Crippen molar-refractivity contribution in [1.29, 1.82) is 0 Å². The van der Waals surface area contributed by atoms with Gasteiger partial charge in [-0.05, 0) is 6.92 Å². The van der Waals surface area contributed by atoms with E-state index < -0.39 is 5.91 Å². The molecule has 0 unspecified atom stereocenters. The van der Waals surface area contributed by atoms with E-state index in [0.29, 0.717) is 11.3 Å². The van der Waals surface area contributed by atoms with E-state index >= 15 is 0 Å². The normalized spacial score (nSPS) is 10.1. The molecule has 18 heavy (non-hydrogen) atoms. The molecular weight excluding hydrogens is 232 g/mol. The molecule has 0 saturated carbocycles. The number of rotatable bonds is 3. The molecule has 1 aromatic heterocycles. The minimum atomic E-state index is -0.439. The van der Waals surface area contributed by atoms with Crippen LogP contribution in [0.1, 0.15) is 32.2 Å². The fourth-order valence-electron chi connectivity index (χ4n) is 1.65. The first kappa shape index (κ1) is 12.0. The molecule has 5 nitrogen and oxygen atoms in total. The highest BCUT2D eigenvalue weighted by Crippen LogP contribution is 2.18. The maximum absolute atomic E-state index is 12.3. The Morgan fingerprint density at radius 2 is 1.89 bits per heavy atom. The quantitative estimate of drug-likeness (QED) is 0.832. The number of ketones is 1. The average Bonchev–Trinajstić information content (AvgIpc) is 2.80. The lowest BCUT2D eigenvalue weighted by atomic mass is 10.0. The smallest absolute Gasteiger partial charge is 0.274 e. The predicted octanol–water partition coefficient (Wildman–Crippen LogP) is 1.57. The number of amides is 1. The van der Waals surface area contributed by atoms with Crippen LogP contribution < -0.4 is 5.32 Å². The van der Waals surface area contributed by atoms with Crippen LogP contribution in [0.25, 0.3) is 0 Å². The van der Waals surface area contributed by atoms with Crippen molar-refractivity contribution in [2.75, 3.05) is 7.05 Å². The number of aromatic nitrogens is 1. The van der Waals surface area contributed by atoms with Crippen molar-refractivity contribution in [3.8, 4) is 0 Å². The van der Waals surface area contributed by atoms with Crippen LogP contribution in [0.5, 0.6) is 0 Å². The van der Waals surface area contributed by atoms with E-state index in [9.17, 15) is 9.59 Å². The molecule has 1 aromatic carbocycles. The topological polar surface area (TPSA) is 72.2 Å². The third kappa shape index (κ3) is 2.02. The Morgan fingerprint density at radius 3 is 2.50 bits per heavy atom. The van der Waals surface area contributed by atoms with Crippen LogP contribution in [0.4, 0.5) is 0 Å². The van der Waals surface area contributed by atoms with Gasteiger partial charge < -0.3 is 9.84 Å². The summed E-state index contributed by atoms with van der Waals surface area (Å²) in [5.74, 6) is -0.374. The van der Waals surface area contributed by atoms with Crippen LogP contribution in [0.3, 0.4) is 0 Å². The molecule has 5 heteroatoms. The molecular formula is C13H12N2O3. The first-order valence-corrected chi connectivity index (χ1v) is 5.43. The van der Waals surface area contributed by atoms with Gasteiger partial charge in [0.2, 0.25) is 0 Å². The molecule has 0 bridgehead atoms. The highest BCUT2D eigenvalue weighted by molar-refractivity contribution is 6.15. The first-order chi connectivity index (χ1) is 8.65. The molecule has 1 N–H and O–H groups in total. The molecule has 0 aliphatic rings. The van der Waals surface area contributed by atoms with Gasteiger partial charge in [-0.2, -0.15) is 0 Å². The minimum Gasteiger partial charge on any atom is -0.360 e. The third-order valence-corrected chi connectivity index (χ3v) is 2.57. The lowest BCUT2D eigenvalue weighted by Gasteiger charge is -2.01. The van der Waals surface area contributed by atoms with Crippen molar-refractivity contribution in [3.05, 3.63) is 52.9 Å². The van der Waals surface area contributed by atoms with Gasteiger partial charge in [0.05, 0.1) is 5.56 Å². The fourth-order valence-corrected chi connectivity index (χ4v) is 1.65. The summed E-state index contributed by atoms with van der Waals surface area (Å²) in [4.78, 5) is 23.9. The van der Waals surface area contributed by atoms with Gasteiger partial charge in [0, 0.05) is 12.6 Å². The van der Waals surface area contributed by atoms with Crippen LogP contribution in [0.15, 0.2) is 34.9 Å². The van der Waals surface area contributed by atoms with Gasteiger partial charge in [-0.15, -0.1) is 0 Å². The zero-order valence-corrected chi connectivity index (χ0v) is 10.1. The van der Waals surface area contributed by atoms with E-state index in [0.717, 1.165) is 0 Å². The second-order valence-electron chi connectivity index (χ2n) is 3.74. The molecule has 2 rings (SSSR count). The first-order valence-electron chi connectivity index (χ1n) is 5.43. The van der Waals surface area contributed by atoms with Crippen LogP contribution >= 0.6 is 0 Å². The molecule has 1 heterocycles. The molecule has 92 valence electrons. The third-order valence-electron chi connectivity index (χ3n) is 2.57. The number of aryl methyl sites for hydroxylation is 1. The second kappa shape index (κ2) is 4.83. The van der Waals surface area contributed by atoms with Crippen molar-refractivity contribution in [2.24, 2.45) is 0 Å². The number of carbonyl (C=O) groups excluding carboxylic acids is 2. The summed E-state index contributed by atoms with van der Waals surface area (Å²) in [6, 6.07) is 8.70. The van der Waals surface area contributed by atoms with Gasteiger partial charge in [-0.25, -0.2) is 0 Å². The largest absolute Gasteiger partial charge is 0.360 e. The van der Waals surface area contributed by atoms with Crippen molar-refractivity contribution in [2.45, 2.75) is 6.92 Å². The zero-order valence-electron chi connectivity index (χ0n) is 10.1. The standard InChI is InChI=1S/C13H12N2O3/c1-8-10(11(15-18-8)13(17)14-2)12(16)9-6-4-3-5-7-9/h3-7H,1-2H3,(H,14,17). The Kier molecular flexibility index (Phi) is 3.23. The molecule has 0 aliphatic heterocycles. The predicted molar refractivity (Wildman–Crippen MR) is 64.5 cm³/mol. The Labute approximate surface area is 104 Å². The van der Waals surface area contributed by atoms with Gasteiger partial charge in [0.15, 0.2) is 11.5 Å². The molecule has 2 aromatic rings. The van der Waals surface area contributed by atoms with Gasteiger partial charge >= 0.3 is 0 Å². The van der Waals surface area contributed by atoms with Gasteiger partial charge in [-0.1, -0.05) is 35.5 Å². The fraction of sp³-hybridized carbons (Fsp3) is 0.154. The SMILES string of the molecule is CNC(=O)c1noc(C)c1C(=O)c1ccccc1. The van der Waals surface area contributed by atoms with Gasteiger partial charge in [0.1, 0.15) is 5.76 Å². The number of nitrogens with zero attached hydrogens (tertiary/aromatic N) is 1. The Hall–Kier alpha value is -2.43. The summed E-state index contributed by atoms with van der Waals surface area (Å²) in [5, 5.41) is 6.05. The summed E-state index contributed by atoms with van der Waals surface area (Å²) in [6.07, 6.45) is 0. The molecule has 0 atom stereocenters. The van der Waals surface area contributed by atoms with E-state index in [4.69, 9.17) is 4.52 Å². The molecule has 0 fully saturated rings. The van der Waals surface area contributed by atoms with E-state index in [1.54, 1.807) is 31.2 Å². The van der Waals surface area contributed by atoms with Crippen molar-refractivity contribution >= 4 is 11.7 Å². The summed E-state index contributed by atoms with van der Waals surface area (Å²) in [6.45, 7) is 1.61. The molecule has 0 radical (unpaired) electrons. The summed E-state index contributed by atoms with van der Waals surface area (Å²) >= 11 is 0. The molecule has 0 spiro atoms. The molecule has 1 amide bonds. The highest BCUT2D eigenvalue weighted by atomic mass is 16.5. The lowest BCUT2D eigenvalue weighted by molar-refractivity contribution is 0.0943. The monoisotopic (exact) mass is 244 g/mol. The molecule has 0 aliphatic carbocycles. The van der Waals surface area contributed by atoms with E-state index in [1.807, 2.05) is 6.07 Å². The van der Waals surface area contributed by atoms with E-state index in [2.05, 4.69) is 10.5 Å². The number of hydrogen-bond acceptors (Lipinski definition) is 4. The van der Waals surface area contributed by atoms with Crippen LogP contribution in [-0.4, -0.2) is 23.9 Å². The summed E-state index contributed by atoms with van der Waals surface area (Å²) < 4.78 is 4.93. The van der Waals surface area contributed by atoms with Crippen LogP contribution in [0.2, 0.25) is 0 Å². The summed E-state index contributed by atoms with van der Waals surface area (Å²) in [7, 11) is 1.48. The number of nitrogens with one attached hydrogen (secondary N) is 1. The van der Waals surface area contributed by atoms with Crippen molar-refractivity contribution < 1.29 is 14.1 Å². The Balaban J connectivity index is 2.48. The highest BCUT2D eigenvalue weighted by Gasteiger charge is 2.25. The Bertz CT molecular complexity index is 588. The average molecular weight is 244 g/mol. The van der Waals surface area contributed by atoms with Crippen LogP contribution in [-0.2, 0) is 0 Å². The second-order valence-corrected chi connectivity index (χ2v) is 3.74. The lowest BCUT2D eigenvalue weighted by Crippen LogP contribution is -2.21. The maximum Gasteiger partial charge on any atom is 0.274 e. The number of benzene rings is 1. The van der Waals surface area contributed by atoms with Gasteiger partial charge in [-0.3, -0.25) is 9.59 Å². The van der Waals surface area contributed by atoms with Gasteiger partial charge in [0.25, 0.3) is 5.91 Å². The number of hydrogen-bond donors (Lipinski definition) is 1. The molecule has 0 saturated heterocycles. The van der Waals surface area contributed by atoms with E-state index in [-0.39, 0.29) is 17.0 Å². The Morgan fingerprint density at radius 1 is 1.22 bits per heavy atom. The zero-order chi connectivity index (χ0) is 13.1. The number of carbonyl (C=O) groups is 2. The maximum atomic E-state index is 12.3. The van der Waals surface area contributed by atoms with Crippen LogP contribution in [0, 0.1) is 6.92 Å². The summed E-state index contributed by atoms with van der Waals surface area (Å²) in [5.41, 5.74) is 0.721.